The molecule has 0 aromatic heterocycles. The minimum Gasteiger partial charge on any atom is -0.872 e. The van der Waals surface area contributed by atoms with Gasteiger partial charge in [-0.1, -0.05) is 5.75 Å². The van der Waals surface area contributed by atoms with Crippen LogP contribution in [0.3, 0.4) is 0 Å². The number of hydrogen-bond donors (Lipinski definition) is 5. The van der Waals surface area contributed by atoms with Crippen LogP contribution in [0.25, 0.3) is 0 Å². The van der Waals surface area contributed by atoms with Crippen LogP contribution in [-0.2, 0) is 0 Å². The molecule has 0 fully saturated rings. The Morgan fingerprint density at radius 1 is 1.00 bits per heavy atom. The Hall–Kier alpha value is -3.13. The summed E-state index contributed by atoms with van der Waals surface area (Å²) in [6, 6.07) is 3.88. The van der Waals surface area contributed by atoms with Crippen molar-refractivity contribution in [3.63, 3.8) is 0 Å². The molecule has 0 unspecified atom stereocenters. The summed E-state index contributed by atoms with van der Waals surface area (Å²) in [5.74, 6) is -4.43. The van der Waals surface area contributed by atoms with Crippen LogP contribution in [-0.4, -0.2) is 37.4 Å². The molecule has 5 N–H and O–H groups in total. The lowest BCUT2D eigenvalue weighted by Gasteiger charge is -2.32. The van der Waals surface area contributed by atoms with Gasteiger partial charge in [0, 0.05) is 11.6 Å². The first-order chi connectivity index (χ1) is 10.8. The molecule has 0 spiro atoms. The lowest BCUT2D eigenvalue weighted by molar-refractivity contribution is -0.269. The fourth-order valence-corrected chi connectivity index (χ4v) is 2.44. The number of phenolic OH excluding ortho intramolecular Hbond substituents is 4. The molecule has 2 aromatic carbocycles. The van der Waals surface area contributed by atoms with Crippen LogP contribution < -0.4 is 9.84 Å². The van der Waals surface area contributed by atoms with Crippen molar-refractivity contribution in [2.75, 3.05) is 0 Å². The summed E-state index contributed by atoms with van der Waals surface area (Å²) in [6.07, 6.45) is -3.10. The van der Waals surface area contributed by atoms with Crippen molar-refractivity contribution in [3.05, 3.63) is 35.4 Å². The highest BCUT2D eigenvalue weighted by Crippen LogP contribution is 2.44. The molecule has 0 bridgehead atoms. The van der Waals surface area contributed by atoms with Gasteiger partial charge in [0.15, 0.2) is 35.2 Å². The van der Waals surface area contributed by atoms with E-state index in [4.69, 9.17) is 4.74 Å². The number of aromatic hydroxyl groups is 4. The number of carbonyl (C=O) groups excluding carboxylic acids is 1. The third kappa shape index (κ3) is 2.25. The van der Waals surface area contributed by atoms with Gasteiger partial charge < -0.3 is 35.4 Å². The summed E-state index contributed by atoms with van der Waals surface area (Å²) in [5, 5.41) is 59.7. The molecule has 0 amide bonds. The van der Waals surface area contributed by atoms with Crippen molar-refractivity contribution in [1.29, 1.82) is 0 Å². The molecule has 0 saturated heterocycles. The molecule has 1 heterocycles. The first-order valence-corrected chi connectivity index (χ1v) is 6.47. The van der Waals surface area contributed by atoms with E-state index in [0.717, 1.165) is 24.3 Å². The first-order valence-electron chi connectivity index (χ1n) is 6.47. The second-order valence-corrected chi connectivity index (χ2v) is 5.07. The molecule has 0 saturated carbocycles. The molecule has 2 aromatic rings. The predicted molar refractivity (Wildman–Crippen MR) is 72.7 cm³/mol. The van der Waals surface area contributed by atoms with Gasteiger partial charge in [-0.25, -0.2) is 0 Å². The lowest BCUT2D eigenvalue weighted by atomic mass is 9.92. The van der Waals surface area contributed by atoms with Gasteiger partial charge in [-0.3, -0.25) is 4.79 Å². The van der Waals surface area contributed by atoms with E-state index in [1.165, 1.54) is 0 Å². The lowest BCUT2D eigenvalue weighted by Crippen LogP contribution is -2.36. The van der Waals surface area contributed by atoms with Gasteiger partial charge in [0.25, 0.3) is 0 Å². The number of aliphatic hydroxyl groups is 1. The minimum atomic E-state index is -1.76. The van der Waals surface area contributed by atoms with Crippen LogP contribution in [0.5, 0.6) is 34.5 Å². The molecule has 2 atom stereocenters. The van der Waals surface area contributed by atoms with E-state index < -0.39 is 52.3 Å². The van der Waals surface area contributed by atoms with Gasteiger partial charge >= 0.3 is 0 Å². The Bertz CT molecular complexity index is 790. The number of benzene rings is 2. The highest BCUT2D eigenvalue weighted by Gasteiger charge is 2.38. The van der Waals surface area contributed by atoms with Crippen molar-refractivity contribution >= 4 is 5.78 Å². The number of Topliss-reactive ketones (excluding diaryl/α,β-unsaturated/α-hetero) is 1. The quantitative estimate of drug-likeness (QED) is 0.470. The molecule has 1 aliphatic rings. The second-order valence-electron chi connectivity index (χ2n) is 5.07. The van der Waals surface area contributed by atoms with E-state index in [1.807, 2.05) is 0 Å². The molecule has 0 aliphatic carbocycles. The Labute approximate surface area is 129 Å². The van der Waals surface area contributed by atoms with Crippen molar-refractivity contribution < 1.29 is 40.2 Å². The Kier molecular flexibility index (Phi) is 3.19. The normalized spacial score (nSPS) is 20.0. The van der Waals surface area contributed by atoms with Crippen molar-refractivity contribution in [2.24, 2.45) is 0 Å². The number of ketones is 1. The molecule has 8 nitrogen and oxygen atoms in total. The first kappa shape index (κ1) is 14.8. The Balaban J connectivity index is 2.11. The van der Waals surface area contributed by atoms with E-state index in [9.17, 15) is 35.4 Å². The zero-order valence-corrected chi connectivity index (χ0v) is 11.4. The standard InChI is InChI=1S/C15H12O8/c16-6-3-7(17)11-10(4-6)23-15(14(22)13(11)21)5-1-8(18)12(20)9(19)2-5/h1-4,14-20,22H/p-1/t14-,15+/m0/s1. The number of hydrogen-bond acceptors (Lipinski definition) is 8. The molecular weight excluding hydrogens is 308 g/mol. The maximum absolute atomic E-state index is 12.2. The Morgan fingerprint density at radius 2 is 1.61 bits per heavy atom. The summed E-state index contributed by atoms with van der Waals surface area (Å²) >= 11 is 0. The predicted octanol–water partition coefficient (Wildman–Crippen LogP) is 0.260. The summed E-state index contributed by atoms with van der Waals surface area (Å²) < 4.78 is 5.38. The van der Waals surface area contributed by atoms with Crippen LogP contribution >= 0.6 is 0 Å². The van der Waals surface area contributed by atoms with E-state index in [1.54, 1.807) is 0 Å². The zero-order chi connectivity index (χ0) is 16.9. The highest BCUT2D eigenvalue weighted by atomic mass is 16.5. The molecule has 23 heavy (non-hydrogen) atoms. The fourth-order valence-electron chi connectivity index (χ4n) is 2.44. The molecule has 0 radical (unpaired) electrons. The number of rotatable bonds is 1. The van der Waals surface area contributed by atoms with E-state index in [-0.39, 0.29) is 11.3 Å². The number of aliphatic hydroxyl groups excluding tert-OH is 1. The number of carbonyl (C=O) groups is 1. The molecule has 1 aliphatic heterocycles. The largest absolute Gasteiger partial charge is 0.872 e. The summed E-state index contributed by atoms with van der Waals surface area (Å²) in [4.78, 5) is 12.2. The molecular formula is C15H11O8-. The topological polar surface area (TPSA) is 151 Å². The summed E-state index contributed by atoms with van der Waals surface area (Å²) in [5.41, 5.74) is -0.390. The fraction of sp³-hybridized carbons (Fsp3) is 0.133. The monoisotopic (exact) mass is 319 g/mol. The summed E-state index contributed by atoms with van der Waals surface area (Å²) in [6.45, 7) is 0. The van der Waals surface area contributed by atoms with Gasteiger partial charge in [0.05, 0.1) is 5.56 Å². The second kappa shape index (κ2) is 4.96. The van der Waals surface area contributed by atoms with Crippen LogP contribution in [0.4, 0.5) is 0 Å². The number of fused-ring (bicyclic) bond motifs is 1. The average molecular weight is 319 g/mol. The van der Waals surface area contributed by atoms with Crippen LogP contribution in [0.1, 0.15) is 22.0 Å². The Morgan fingerprint density at radius 3 is 2.22 bits per heavy atom. The third-order valence-corrected chi connectivity index (χ3v) is 3.53. The van der Waals surface area contributed by atoms with Gasteiger partial charge in [-0.05, 0) is 18.2 Å². The van der Waals surface area contributed by atoms with Gasteiger partial charge in [-0.15, -0.1) is 0 Å². The van der Waals surface area contributed by atoms with Gasteiger partial charge in [0.1, 0.15) is 11.5 Å². The summed E-state index contributed by atoms with van der Waals surface area (Å²) in [7, 11) is 0. The molecule has 3 rings (SSSR count). The van der Waals surface area contributed by atoms with Crippen LogP contribution in [0.15, 0.2) is 24.3 Å². The average Bonchev–Trinajstić information content (AvgIpc) is 2.47. The molecule has 8 heteroatoms. The van der Waals surface area contributed by atoms with Gasteiger partial charge in [0.2, 0.25) is 0 Å². The minimum absolute atomic E-state index is 0.0000850. The third-order valence-electron chi connectivity index (χ3n) is 3.53. The SMILES string of the molecule is O=C1c2c([O-])cc(O)cc2O[C@H](c2cc(O)c(O)c(O)c2)[C@H]1O. The van der Waals surface area contributed by atoms with Crippen LogP contribution in [0, 0.1) is 0 Å². The highest BCUT2D eigenvalue weighted by molar-refractivity contribution is 6.05. The smallest absolute Gasteiger partial charge is 0.200 e. The maximum atomic E-state index is 12.2. The van der Waals surface area contributed by atoms with Crippen LogP contribution in [0.2, 0.25) is 0 Å². The number of phenols is 4. The number of ether oxygens (including phenoxy) is 1. The van der Waals surface area contributed by atoms with Crippen molar-refractivity contribution in [2.45, 2.75) is 12.2 Å². The van der Waals surface area contributed by atoms with Gasteiger partial charge in [-0.2, -0.15) is 0 Å². The maximum Gasteiger partial charge on any atom is 0.200 e. The molecule has 120 valence electrons. The van der Waals surface area contributed by atoms with E-state index in [2.05, 4.69) is 0 Å². The van der Waals surface area contributed by atoms with Crippen molar-refractivity contribution in [3.8, 4) is 34.5 Å². The van der Waals surface area contributed by atoms with Crippen molar-refractivity contribution in [1.82, 2.24) is 0 Å². The van der Waals surface area contributed by atoms with E-state index in [0.29, 0.717) is 0 Å². The van der Waals surface area contributed by atoms with E-state index >= 15 is 0 Å². The zero-order valence-electron chi connectivity index (χ0n) is 11.4.